The maximum absolute atomic E-state index is 5.27. The molecular weight excluding hydrogens is 234 g/mol. The van der Waals surface area contributed by atoms with E-state index in [-0.39, 0.29) is 0 Å². The van der Waals surface area contributed by atoms with Gasteiger partial charge < -0.3 is 10.1 Å². The first-order chi connectivity index (χ1) is 9.08. The zero-order valence-electron chi connectivity index (χ0n) is 12.1. The molecule has 0 atom stereocenters. The van der Waals surface area contributed by atoms with E-state index in [1.165, 1.54) is 16.7 Å². The molecule has 0 radical (unpaired) electrons. The van der Waals surface area contributed by atoms with E-state index >= 15 is 0 Å². The second-order valence-electron chi connectivity index (χ2n) is 5.03. The molecule has 0 spiro atoms. The number of nitrogens with one attached hydrogen (secondary N) is 1. The average molecular weight is 255 g/mol. The van der Waals surface area contributed by atoms with Crippen LogP contribution in [0.5, 0.6) is 5.75 Å². The Bertz CT molecular complexity index is 555. The summed E-state index contributed by atoms with van der Waals surface area (Å²) in [6.45, 7) is 7.16. The molecule has 0 unspecified atom stereocenters. The Morgan fingerprint density at radius 1 is 0.947 bits per heavy atom. The third-order valence-corrected chi connectivity index (χ3v) is 3.17. The van der Waals surface area contributed by atoms with Gasteiger partial charge in [-0.25, -0.2) is 0 Å². The third kappa shape index (κ3) is 3.50. The first-order valence-corrected chi connectivity index (χ1v) is 6.54. The minimum atomic E-state index is 0.842. The van der Waals surface area contributed by atoms with Crippen LogP contribution in [-0.4, -0.2) is 7.11 Å². The van der Waals surface area contributed by atoms with Gasteiger partial charge in [-0.2, -0.15) is 0 Å². The quantitative estimate of drug-likeness (QED) is 0.882. The van der Waals surface area contributed by atoms with E-state index in [1.54, 1.807) is 7.11 Å². The molecule has 0 saturated heterocycles. The highest BCUT2D eigenvalue weighted by Gasteiger charge is 2.00. The topological polar surface area (TPSA) is 21.3 Å². The molecule has 1 N–H and O–H groups in total. The molecule has 2 heteroatoms. The van der Waals surface area contributed by atoms with Gasteiger partial charge in [-0.05, 0) is 50.1 Å². The lowest BCUT2D eigenvalue weighted by atomic mass is 10.1. The third-order valence-electron chi connectivity index (χ3n) is 3.17. The van der Waals surface area contributed by atoms with Gasteiger partial charge in [0.15, 0.2) is 0 Å². The zero-order valence-corrected chi connectivity index (χ0v) is 12.1. The molecule has 0 aromatic heterocycles. The van der Waals surface area contributed by atoms with Crippen LogP contribution in [0.15, 0.2) is 36.4 Å². The van der Waals surface area contributed by atoms with Crippen molar-refractivity contribution in [3.63, 3.8) is 0 Å². The summed E-state index contributed by atoms with van der Waals surface area (Å²) in [4.78, 5) is 0. The molecule has 0 fully saturated rings. The molecular formula is C17H21NO. The number of methoxy groups -OCH3 is 1. The molecule has 100 valence electrons. The Balaban J connectivity index is 2.08. The summed E-state index contributed by atoms with van der Waals surface area (Å²) in [6, 6.07) is 12.8. The largest absolute Gasteiger partial charge is 0.496 e. The Morgan fingerprint density at radius 2 is 1.63 bits per heavy atom. The molecule has 2 rings (SSSR count). The van der Waals surface area contributed by atoms with Gasteiger partial charge >= 0.3 is 0 Å². The monoisotopic (exact) mass is 255 g/mol. The Kier molecular flexibility index (Phi) is 4.10. The van der Waals surface area contributed by atoms with Crippen molar-refractivity contribution in [1.29, 1.82) is 0 Å². The summed E-state index contributed by atoms with van der Waals surface area (Å²) in [5.74, 6) is 0.928. The number of rotatable bonds is 4. The van der Waals surface area contributed by atoms with Crippen molar-refractivity contribution in [3.8, 4) is 5.75 Å². The van der Waals surface area contributed by atoms with E-state index in [2.05, 4.69) is 56.4 Å². The lowest BCUT2D eigenvalue weighted by molar-refractivity contribution is 0.412. The van der Waals surface area contributed by atoms with E-state index in [9.17, 15) is 0 Å². The molecule has 0 heterocycles. The summed E-state index contributed by atoms with van der Waals surface area (Å²) in [7, 11) is 1.70. The van der Waals surface area contributed by atoms with Gasteiger partial charge in [-0.1, -0.05) is 29.3 Å². The molecule has 2 aromatic rings. The molecule has 0 amide bonds. The average Bonchev–Trinajstić information content (AvgIpc) is 2.35. The number of benzene rings is 2. The van der Waals surface area contributed by atoms with E-state index in [1.807, 2.05) is 6.07 Å². The predicted molar refractivity (Wildman–Crippen MR) is 81.0 cm³/mol. The standard InChI is InChI=1S/C17H21NO/c1-12-7-13(2)9-15(8-12)11-18-16-5-6-17(19-4)14(3)10-16/h5-10,18H,11H2,1-4H3. The molecule has 19 heavy (non-hydrogen) atoms. The minimum Gasteiger partial charge on any atom is -0.496 e. The minimum absolute atomic E-state index is 0.842. The molecule has 2 nitrogen and oxygen atoms in total. The molecule has 2 aromatic carbocycles. The second kappa shape index (κ2) is 5.79. The lowest BCUT2D eigenvalue weighted by Crippen LogP contribution is -2.00. The molecule has 0 aliphatic heterocycles. The fourth-order valence-corrected chi connectivity index (χ4v) is 2.36. The lowest BCUT2D eigenvalue weighted by Gasteiger charge is -2.11. The van der Waals surface area contributed by atoms with Crippen LogP contribution in [0.1, 0.15) is 22.3 Å². The highest BCUT2D eigenvalue weighted by atomic mass is 16.5. The normalized spacial score (nSPS) is 10.3. The van der Waals surface area contributed by atoms with Gasteiger partial charge in [0, 0.05) is 12.2 Å². The fraction of sp³-hybridized carbons (Fsp3) is 0.294. The van der Waals surface area contributed by atoms with Crippen LogP contribution in [0.3, 0.4) is 0 Å². The maximum atomic E-state index is 5.27. The van der Waals surface area contributed by atoms with Crippen molar-refractivity contribution in [2.45, 2.75) is 27.3 Å². The van der Waals surface area contributed by atoms with Crippen molar-refractivity contribution in [2.75, 3.05) is 12.4 Å². The number of aryl methyl sites for hydroxylation is 3. The first kappa shape index (κ1) is 13.5. The van der Waals surface area contributed by atoms with Crippen LogP contribution in [-0.2, 0) is 6.54 Å². The first-order valence-electron chi connectivity index (χ1n) is 6.54. The van der Waals surface area contributed by atoms with Crippen molar-refractivity contribution in [1.82, 2.24) is 0 Å². The molecule has 0 aliphatic rings. The van der Waals surface area contributed by atoms with Crippen LogP contribution < -0.4 is 10.1 Å². The van der Waals surface area contributed by atoms with Crippen molar-refractivity contribution in [2.24, 2.45) is 0 Å². The number of ether oxygens (including phenoxy) is 1. The summed E-state index contributed by atoms with van der Waals surface area (Å²) < 4.78 is 5.27. The van der Waals surface area contributed by atoms with Gasteiger partial charge in [0.05, 0.1) is 7.11 Å². The van der Waals surface area contributed by atoms with Crippen LogP contribution in [0.4, 0.5) is 5.69 Å². The SMILES string of the molecule is COc1ccc(NCc2cc(C)cc(C)c2)cc1C. The van der Waals surface area contributed by atoms with E-state index < -0.39 is 0 Å². The van der Waals surface area contributed by atoms with Gasteiger partial charge in [-0.15, -0.1) is 0 Å². The Hall–Kier alpha value is -1.96. The maximum Gasteiger partial charge on any atom is 0.121 e. The molecule has 0 saturated carbocycles. The Morgan fingerprint density at radius 3 is 2.21 bits per heavy atom. The van der Waals surface area contributed by atoms with E-state index in [0.29, 0.717) is 0 Å². The van der Waals surface area contributed by atoms with Gasteiger partial charge in [0.25, 0.3) is 0 Å². The Labute approximate surface area is 115 Å². The van der Waals surface area contributed by atoms with Crippen LogP contribution in [0.2, 0.25) is 0 Å². The molecule has 0 aliphatic carbocycles. The van der Waals surface area contributed by atoms with Crippen LogP contribution in [0.25, 0.3) is 0 Å². The van der Waals surface area contributed by atoms with Crippen LogP contribution >= 0.6 is 0 Å². The van der Waals surface area contributed by atoms with Crippen molar-refractivity contribution < 1.29 is 4.74 Å². The number of hydrogen-bond donors (Lipinski definition) is 1. The molecule has 0 bridgehead atoms. The van der Waals surface area contributed by atoms with Crippen molar-refractivity contribution >= 4 is 5.69 Å². The predicted octanol–water partition coefficient (Wildman–Crippen LogP) is 4.23. The highest BCUT2D eigenvalue weighted by Crippen LogP contribution is 2.22. The summed E-state index contributed by atoms with van der Waals surface area (Å²) in [5.41, 5.74) is 6.20. The summed E-state index contributed by atoms with van der Waals surface area (Å²) in [5, 5.41) is 3.45. The summed E-state index contributed by atoms with van der Waals surface area (Å²) in [6.07, 6.45) is 0. The smallest absolute Gasteiger partial charge is 0.121 e. The van der Waals surface area contributed by atoms with Gasteiger partial charge in [0.2, 0.25) is 0 Å². The van der Waals surface area contributed by atoms with E-state index in [4.69, 9.17) is 4.74 Å². The number of anilines is 1. The van der Waals surface area contributed by atoms with E-state index in [0.717, 1.165) is 23.5 Å². The van der Waals surface area contributed by atoms with Crippen molar-refractivity contribution in [3.05, 3.63) is 58.7 Å². The second-order valence-corrected chi connectivity index (χ2v) is 5.03. The van der Waals surface area contributed by atoms with Gasteiger partial charge in [-0.3, -0.25) is 0 Å². The summed E-state index contributed by atoms with van der Waals surface area (Å²) >= 11 is 0. The number of hydrogen-bond acceptors (Lipinski definition) is 2. The zero-order chi connectivity index (χ0) is 13.8. The highest BCUT2D eigenvalue weighted by molar-refractivity contribution is 5.51. The fourth-order valence-electron chi connectivity index (χ4n) is 2.36. The van der Waals surface area contributed by atoms with Crippen LogP contribution in [0, 0.1) is 20.8 Å². The van der Waals surface area contributed by atoms with Gasteiger partial charge in [0.1, 0.15) is 5.75 Å².